The molecule has 0 bridgehead atoms. The van der Waals surface area contributed by atoms with Crippen LogP contribution in [-0.2, 0) is 36.8 Å². The topological polar surface area (TPSA) is 228 Å². The van der Waals surface area contributed by atoms with Gasteiger partial charge in [0.15, 0.2) is 0 Å². The molecule has 13 heteroatoms. The highest BCUT2D eigenvalue weighted by Crippen LogP contribution is 2.17. The summed E-state index contributed by atoms with van der Waals surface area (Å²) in [6, 6.07) is 12.6. The molecule has 0 heterocycles. The fourth-order valence-electron chi connectivity index (χ4n) is 3.64. The maximum absolute atomic E-state index is 12.9. The van der Waals surface area contributed by atoms with Gasteiger partial charge in [0, 0.05) is 0 Å². The Balaban J connectivity index is 2.33. The number of hydrogen-bond acceptors (Lipinski definition) is 7. The first-order chi connectivity index (χ1) is 17.5. The molecule has 0 aromatic heterocycles. The highest BCUT2D eigenvalue weighted by Gasteiger charge is 2.40. The van der Waals surface area contributed by atoms with E-state index < -0.39 is 59.9 Å². The third kappa shape index (κ3) is 8.65. The van der Waals surface area contributed by atoms with Gasteiger partial charge in [0.1, 0.15) is 12.1 Å². The van der Waals surface area contributed by atoms with Crippen molar-refractivity contribution in [2.24, 2.45) is 23.3 Å². The van der Waals surface area contributed by atoms with Crippen LogP contribution in [0.1, 0.15) is 11.1 Å². The Morgan fingerprint density at radius 3 is 1.24 bits per heavy atom. The van der Waals surface area contributed by atoms with Crippen molar-refractivity contribution in [2.45, 2.75) is 24.9 Å². The molecular formula is C24H26N4O9. The van der Waals surface area contributed by atoms with Gasteiger partial charge in [0.2, 0.25) is 11.8 Å². The van der Waals surface area contributed by atoms with Crippen LogP contribution >= 0.6 is 0 Å². The number of nitrogens with one attached hydrogen (secondary N) is 2. The van der Waals surface area contributed by atoms with Crippen molar-refractivity contribution in [3.8, 4) is 0 Å². The van der Waals surface area contributed by atoms with E-state index in [1.54, 1.807) is 60.7 Å². The number of nitrogens with two attached hydrogens (primary N) is 2. The van der Waals surface area contributed by atoms with Gasteiger partial charge in [0.05, 0.1) is 11.8 Å². The standard InChI is InChI=1S/C24H26N4O9/c25-19(29)15(11-13-7-3-1-4-8-13)17(27-23(33)34)21(31)37-22(32)18(28-24(35)36)16(20(26)30)12-14-9-5-2-6-10-14/h1-10,15-18,27-28H,11-12H2,(H2,25,29)(H2,26,30)(H,33,34)(H,35,36)/t15?,16?,17-,18-/m0/s1. The van der Waals surface area contributed by atoms with Crippen molar-refractivity contribution in [2.75, 3.05) is 0 Å². The molecule has 4 amide bonds. The summed E-state index contributed by atoms with van der Waals surface area (Å²) in [6.07, 6.45) is -3.79. The number of hydrogen-bond donors (Lipinski definition) is 6. The predicted octanol–water partition coefficient (Wildman–Crippen LogP) is 0.0170. The van der Waals surface area contributed by atoms with Crippen molar-refractivity contribution in [1.82, 2.24) is 10.6 Å². The van der Waals surface area contributed by atoms with Gasteiger partial charge in [0.25, 0.3) is 0 Å². The van der Waals surface area contributed by atoms with Crippen LogP contribution in [0.5, 0.6) is 0 Å². The zero-order valence-corrected chi connectivity index (χ0v) is 19.4. The van der Waals surface area contributed by atoms with Gasteiger partial charge in [-0.2, -0.15) is 0 Å². The average Bonchev–Trinajstić information content (AvgIpc) is 2.84. The quantitative estimate of drug-likeness (QED) is 0.165. The van der Waals surface area contributed by atoms with E-state index in [1.807, 2.05) is 10.6 Å². The van der Waals surface area contributed by atoms with Crippen LogP contribution in [0.25, 0.3) is 0 Å². The van der Waals surface area contributed by atoms with Crippen LogP contribution in [0, 0.1) is 11.8 Å². The fourth-order valence-corrected chi connectivity index (χ4v) is 3.64. The Labute approximate surface area is 210 Å². The summed E-state index contributed by atoms with van der Waals surface area (Å²) in [7, 11) is 0. The number of benzene rings is 2. The van der Waals surface area contributed by atoms with Crippen LogP contribution in [0.2, 0.25) is 0 Å². The van der Waals surface area contributed by atoms with Gasteiger partial charge >= 0.3 is 24.1 Å². The lowest BCUT2D eigenvalue weighted by Gasteiger charge is -2.26. The second kappa shape index (κ2) is 13.2. The van der Waals surface area contributed by atoms with E-state index in [0.29, 0.717) is 11.1 Å². The first kappa shape index (κ1) is 28.3. The van der Waals surface area contributed by atoms with Gasteiger partial charge in [-0.1, -0.05) is 60.7 Å². The fraction of sp³-hybridized carbons (Fsp3) is 0.250. The summed E-state index contributed by atoms with van der Waals surface area (Å²) in [4.78, 5) is 72.8. The number of carboxylic acid groups (broad SMARTS) is 2. The highest BCUT2D eigenvalue weighted by molar-refractivity contribution is 5.98. The molecule has 2 aromatic carbocycles. The Hall–Kier alpha value is -4.94. The molecule has 0 fully saturated rings. The minimum absolute atomic E-state index is 0.181. The third-order valence-corrected chi connectivity index (χ3v) is 5.40. The number of rotatable bonds is 12. The molecule has 2 unspecified atom stereocenters. The number of primary amides is 2. The zero-order valence-electron chi connectivity index (χ0n) is 19.4. The van der Waals surface area contributed by atoms with E-state index in [9.17, 15) is 39.0 Å². The summed E-state index contributed by atoms with van der Waals surface area (Å²) >= 11 is 0. The lowest BCUT2D eigenvalue weighted by molar-refractivity contribution is -0.165. The number of esters is 2. The van der Waals surface area contributed by atoms with E-state index in [0.717, 1.165) is 0 Å². The molecular weight excluding hydrogens is 488 g/mol. The molecule has 8 N–H and O–H groups in total. The smallest absolute Gasteiger partial charge is 0.405 e. The van der Waals surface area contributed by atoms with Crippen LogP contribution in [-0.4, -0.2) is 58.2 Å². The zero-order chi connectivity index (χ0) is 27.5. The average molecular weight is 514 g/mol. The summed E-state index contributed by atoms with van der Waals surface area (Å²) in [5.41, 5.74) is 11.9. The number of amides is 4. The van der Waals surface area contributed by atoms with Gasteiger partial charge in [-0.25, -0.2) is 19.2 Å². The Kier molecular flexibility index (Phi) is 10.1. The minimum Gasteiger partial charge on any atom is -0.465 e. The first-order valence-electron chi connectivity index (χ1n) is 10.9. The molecule has 0 aliphatic rings. The number of ether oxygens (including phenoxy) is 1. The largest absolute Gasteiger partial charge is 0.465 e. The van der Waals surface area contributed by atoms with Crippen molar-refractivity contribution >= 4 is 35.9 Å². The molecule has 13 nitrogen and oxygen atoms in total. The molecule has 2 rings (SSSR count). The third-order valence-electron chi connectivity index (χ3n) is 5.40. The van der Waals surface area contributed by atoms with Crippen molar-refractivity contribution < 1.29 is 43.7 Å². The number of carbonyl (C=O) groups excluding carboxylic acids is 4. The van der Waals surface area contributed by atoms with Gasteiger partial charge < -0.3 is 37.1 Å². The molecule has 0 spiro atoms. The van der Waals surface area contributed by atoms with Crippen molar-refractivity contribution in [3.63, 3.8) is 0 Å². The van der Waals surface area contributed by atoms with Crippen LogP contribution in [0.4, 0.5) is 9.59 Å². The molecule has 4 atom stereocenters. The maximum Gasteiger partial charge on any atom is 0.405 e. The Morgan fingerprint density at radius 1 is 0.649 bits per heavy atom. The second-order valence-electron chi connectivity index (χ2n) is 7.99. The SMILES string of the molecule is NC(=O)C(Cc1ccccc1)[C@H](NC(=O)O)C(=O)OC(=O)[C@@H](NC(=O)O)C(Cc1ccccc1)C(N)=O. The molecule has 2 aromatic rings. The molecule has 0 radical (unpaired) electrons. The van der Waals surface area contributed by atoms with E-state index >= 15 is 0 Å². The molecule has 196 valence electrons. The minimum atomic E-state index is -1.93. The Bertz CT molecular complexity index is 1050. The first-order valence-corrected chi connectivity index (χ1v) is 10.9. The second-order valence-corrected chi connectivity index (χ2v) is 7.99. The van der Waals surface area contributed by atoms with Crippen molar-refractivity contribution in [1.29, 1.82) is 0 Å². The molecule has 0 saturated carbocycles. The molecule has 37 heavy (non-hydrogen) atoms. The van der Waals surface area contributed by atoms with E-state index in [1.165, 1.54) is 0 Å². The number of carbonyl (C=O) groups is 6. The lowest BCUT2D eigenvalue weighted by atomic mass is 9.90. The predicted molar refractivity (Wildman–Crippen MR) is 127 cm³/mol. The van der Waals surface area contributed by atoms with Gasteiger partial charge in [-0.15, -0.1) is 0 Å². The molecule has 0 saturated heterocycles. The van der Waals surface area contributed by atoms with Crippen molar-refractivity contribution in [3.05, 3.63) is 71.8 Å². The van der Waals surface area contributed by atoms with Gasteiger partial charge in [-0.3, -0.25) is 9.59 Å². The summed E-state index contributed by atoms with van der Waals surface area (Å²) < 4.78 is 4.77. The Morgan fingerprint density at radius 2 is 0.973 bits per heavy atom. The molecule has 0 aliphatic heterocycles. The monoisotopic (exact) mass is 514 g/mol. The lowest BCUT2D eigenvalue weighted by Crippen LogP contribution is -2.55. The van der Waals surface area contributed by atoms with E-state index in [2.05, 4.69) is 0 Å². The van der Waals surface area contributed by atoms with Crippen LogP contribution < -0.4 is 22.1 Å². The van der Waals surface area contributed by atoms with Gasteiger partial charge in [-0.05, 0) is 24.0 Å². The van der Waals surface area contributed by atoms with E-state index in [-0.39, 0.29) is 12.8 Å². The highest BCUT2D eigenvalue weighted by atomic mass is 16.6. The summed E-state index contributed by atoms with van der Waals surface area (Å²) in [6.45, 7) is 0. The van der Waals surface area contributed by atoms with E-state index in [4.69, 9.17) is 16.2 Å². The van der Waals surface area contributed by atoms with Crippen LogP contribution in [0.3, 0.4) is 0 Å². The maximum atomic E-state index is 12.9. The summed E-state index contributed by atoms with van der Waals surface area (Å²) in [5.74, 6) is -8.11. The summed E-state index contributed by atoms with van der Waals surface area (Å²) in [5, 5.41) is 22.1. The molecule has 0 aliphatic carbocycles. The van der Waals surface area contributed by atoms with Crippen LogP contribution in [0.15, 0.2) is 60.7 Å². The normalized spacial score (nSPS) is 13.7.